The summed E-state index contributed by atoms with van der Waals surface area (Å²) in [6.07, 6.45) is 4.05. The van der Waals surface area contributed by atoms with E-state index in [2.05, 4.69) is 19.2 Å². The maximum atomic E-state index is 5.43. The van der Waals surface area contributed by atoms with E-state index in [9.17, 15) is 0 Å². The molecule has 0 bridgehead atoms. The molecule has 0 aromatic heterocycles. The van der Waals surface area contributed by atoms with Crippen LogP contribution in [0.25, 0.3) is 0 Å². The first kappa shape index (κ1) is 9.01. The minimum Gasteiger partial charge on any atom is -0.329 e. The van der Waals surface area contributed by atoms with E-state index in [4.69, 9.17) is 5.73 Å². The Bertz CT molecular complexity index is 121. The van der Waals surface area contributed by atoms with Crippen LogP contribution in [0.1, 0.15) is 33.1 Å². The van der Waals surface area contributed by atoms with Gasteiger partial charge in [0.25, 0.3) is 0 Å². The summed E-state index contributed by atoms with van der Waals surface area (Å²) in [5.41, 5.74) is 5.93. The molecule has 0 amide bonds. The first-order chi connectivity index (χ1) is 5.17. The SMILES string of the molecule is CC1(C)CCCC1NCCN. The average Bonchev–Trinajstić information content (AvgIpc) is 2.25. The molecule has 1 saturated carbocycles. The Kier molecular flexibility index (Phi) is 2.90. The Morgan fingerprint density at radius 1 is 1.55 bits per heavy atom. The van der Waals surface area contributed by atoms with E-state index >= 15 is 0 Å². The Labute approximate surface area is 69.5 Å². The van der Waals surface area contributed by atoms with Gasteiger partial charge < -0.3 is 11.1 Å². The molecule has 0 saturated heterocycles. The van der Waals surface area contributed by atoms with Crippen LogP contribution in [0, 0.1) is 5.41 Å². The van der Waals surface area contributed by atoms with Crippen LogP contribution in [-0.4, -0.2) is 19.1 Å². The first-order valence-electron chi connectivity index (χ1n) is 4.60. The van der Waals surface area contributed by atoms with Gasteiger partial charge in [0.2, 0.25) is 0 Å². The van der Waals surface area contributed by atoms with E-state index in [1.165, 1.54) is 19.3 Å². The minimum atomic E-state index is 0.495. The van der Waals surface area contributed by atoms with Crippen LogP contribution < -0.4 is 11.1 Å². The highest BCUT2D eigenvalue weighted by Crippen LogP contribution is 2.36. The normalized spacial score (nSPS) is 29.2. The molecule has 2 heteroatoms. The minimum absolute atomic E-state index is 0.495. The molecule has 1 fully saturated rings. The third-order valence-corrected chi connectivity index (χ3v) is 2.79. The second kappa shape index (κ2) is 3.55. The van der Waals surface area contributed by atoms with Crippen LogP contribution in [0.5, 0.6) is 0 Å². The second-order valence-electron chi connectivity index (χ2n) is 4.18. The Hall–Kier alpha value is -0.0800. The lowest BCUT2D eigenvalue weighted by Crippen LogP contribution is -2.40. The highest BCUT2D eigenvalue weighted by Gasteiger charge is 2.33. The van der Waals surface area contributed by atoms with Crippen LogP contribution in [0.15, 0.2) is 0 Å². The van der Waals surface area contributed by atoms with Gasteiger partial charge in [0, 0.05) is 19.1 Å². The van der Waals surface area contributed by atoms with E-state index in [1.807, 2.05) is 0 Å². The quantitative estimate of drug-likeness (QED) is 0.642. The van der Waals surface area contributed by atoms with Crippen molar-refractivity contribution >= 4 is 0 Å². The molecule has 3 N–H and O–H groups in total. The van der Waals surface area contributed by atoms with Crippen molar-refractivity contribution in [1.29, 1.82) is 0 Å². The molecule has 1 aliphatic carbocycles. The Balaban J connectivity index is 2.32. The van der Waals surface area contributed by atoms with Crippen molar-refractivity contribution in [2.75, 3.05) is 13.1 Å². The van der Waals surface area contributed by atoms with Crippen molar-refractivity contribution in [2.45, 2.75) is 39.2 Å². The first-order valence-corrected chi connectivity index (χ1v) is 4.60. The van der Waals surface area contributed by atoms with Gasteiger partial charge in [-0.2, -0.15) is 0 Å². The number of rotatable bonds is 3. The number of hydrogen-bond donors (Lipinski definition) is 2. The van der Waals surface area contributed by atoms with Crippen molar-refractivity contribution in [3.8, 4) is 0 Å². The van der Waals surface area contributed by atoms with Crippen LogP contribution in [0.2, 0.25) is 0 Å². The van der Waals surface area contributed by atoms with Gasteiger partial charge in [-0.3, -0.25) is 0 Å². The summed E-state index contributed by atoms with van der Waals surface area (Å²) >= 11 is 0. The average molecular weight is 156 g/mol. The highest BCUT2D eigenvalue weighted by atomic mass is 14.9. The number of hydrogen-bond acceptors (Lipinski definition) is 2. The lowest BCUT2D eigenvalue weighted by Gasteiger charge is -2.27. The molecule has 0 spiro atoms. The lowest BCUT2D eigenvalue weighted by molar-refractivity contribution is 0.286. The maximum Gasteiger partial charge on any atom is 0.0119 e. The monoisotopic (exact) mass is 156 g/mol. The van der Waals surface area contributed by atoms with E-state index in [1.54, 1.807) is 0 Å². The van der Waals surface area contributed by atoms with Crippen molar-refractivity contribution in [3.05, 3.63) is 0 Å². The van der Waals surface area contributed by atoms with Gasteiger partial charge in [0.1, 0.15) is 0 Å². The van der Waals surface area contributed by atoms with E-state index in [-0.39, 0.29) is 0 Å². The maximum absolute atomic E-state index is 5.43. The van der Waals surface area contributed by atoms with E-state index in [0.29, 0.717) is 11.5 Å². The van der Waals surface area contributed by atoms with Crippen molar-refractivity contribution in [2.24, 2.45) is 11.1 Å². The summed E-state index contributed by atoms with van der Waals surface area (Å²) in [6.45, 7) is 6.41. The van der Waals surface area contributed by atoms with Crippen molar-refractivity contribution in [1.82, 2.24) is 5.32 Å². The van der Waals surface area contributed by atoms with Gasteiger partial charge in [-0.05, 0) is 18.3 Å². The molecule has 2 nitrogen and oxygen atoms in total. The molecule has 0 heterocycles. The van der Waals surface area contributed by atoms with E-state index in [0.717, 1.165) is 13.1 Å². The largest absolute Gasteiger partial charge is 0.329 e. The molecule has 1 unspecified atom stereocenters. The fourth-order valence-corrected chi connectivity index (χ4v) is 1.96. The molecular formula is C9H20N2. The standard InChI is InChI=1S/C9H20N2/c1-9(2)5-3-4-8(9)11-7-6-10/h8,11H,3-7,10H2,1-2H3. The van der Waals surface area contributed by atoms with Crippen molar-refractivity contribution in [3.63, 3.8) is 0 Å². The Morgan fingerprint density at radius 3 is 2.73 bits per heavy atom. The topological polar surface area (TPSA) is 38.0 Å². The summed E-state index contributed by atoms with van der Waals surface area (Å²) in [5, 5.41) is 3.50. The molecule has 0 aromatic rings. The third kappa shape index (κ3) is 2.17. The van der Waals surface area contributed by atoms with Crippen molar-refractivity contribution < 1.29 is 0 Å². The predicted molar refractivity (Wildman–Crippen MR) is 48.5 cm³/mol. The molecule has 66 valence electrons. The summed E-state index contributed by atoms with van der Waals surface area (Å²) in [5.74, 6) is 0. The highest BCUT2D eigenvalue weighted by molar-refractivity contribution is 4.89. The fraction of sp³-hybridized carbons (Fsp3) is 1.00. The Morgan fingerprint density at radius 2 is 2.27 bits per heavy atom. The van der Waals surface area contributed by atoms with Gasteiger partial charge in [0.05, 0.1) is 0 Å². The molecule has 1 atom stereocenters. The molecular weight excluding hydrogens is 136 g/mol. The van der Waals surface area contributed by atoms with Crippen LogP contribution in [0.4, 0.5) is 0 Å². The molecule has 1 rings (SSSR count). The molecule has 0 aromatic carbocycles. The fourth-order valence-electron chi connectivity index (χ4n) is 1.96. The van der Waals surface area contributed by atoms with Gasteiger partial charge >= 0.3 is 0 Å². The summed E-state index contributed by atoms with van der Waals surface area (Å²) < 4.78 is 0. The van der Waals surface area contributed by atoms with Gasteiger partial charge in [-0.25, -0.2) is 0 Å². The van der Waals surface area contributed by atoms with E-state index < -0.39 is 0 Å². The van der Waals surface area contributed by atoms with Gasteiger partial charge in [-0.1, -0.05) is 20.3 Å². The van der Waals surface area contributed by atoms with Gasteiger partial charge in [0.15, 0.2) is 0 Å². The third-order valence-electron chi connectivity index (χ3n) is 2.79. The van der Waals surface area contributed by atoms with Gasteiger partial charge in [-0.15, -0.1) is 0 Å². The summed E-state index contributed by atoms with van der Waals surface area (Å²) in [6, 6.07) is 0.700. The molecule has 1 aliphatic rings. The zero-order valence-electron chi connectivity index (χ0n) is 7.69. The van der Waals surface area contributed by atoms with Crippen LogP contribution in [0.3, 0.4) is 0 Å². The zero-order chi connectivity index (χ0) is 8.32. The molecule has 11 heavy (non-hydrogen) atoms. The van der Waals surface area contributed by atoms with Crippen LogP contribution in [-0.2, 0) is 0 Å². The molecule has 0 radical (unpaired) electrons. The number of nitrogens with one attached hydrogen (secondary N) is 1. The zero-order valence-corrected chi connectivity index (χ0v) is 7.69. The van der Waals surface area contributed by atoms with Crippen LogP contribution >= 0.6 is 0 Å². The second-order valence-corrected chi connectivity index (χ2v) is 4.18. The molecule has 0 aliphatic heterocycles. The summed E-state index contributed by atoms with van der Waals surface area (Å²) in [4.78, 5) is 0. The lowest BCUT2D eigenvalue weighted by atomic mass is 9.87. The number of nitrogens with two attached hydrogens (primary N) is 1. The summed E-state index contributed by atoms with van der Waals surface area (Å²) in [7, 11) is 0. The predicted octanol–water partition coefficient (Wildman–Crippen LogP) is 1.11. The smallest absolute Gasteiger partial charge is 0.0119 e.